The number of nitrogens with one attached hydrogen (secondary N) is 3. The minimum atomic E-state index is -0.0325. The number of rotatable bonds is 6. The van der Waals surface area contributed by atoms with Gasteiger partial charge in [0.1, 0.15) is 0 Å². The molecule has 4 nitrogen and oxygen atoms in total. The summed E-state index contributed by atoms with van der Waals surface area (Å²) in [4.78, 5) is 12.9. The van der Waals surface area contributed by atoms with E-state index in [-0.39, 0.29) is 5.91 Å². The van der Waals surface area contributed by atoms with Crippen LogP contribution in [0.25, 0.3) is 10.8 Å². The first-order chi connectivity index (χ1) is 14.2. The Balaban J connectivity index is 1.42. The maximum Gasteiger partial charge on any atom is 0.251 e. The zero-order valence-corrected chi connectivity index (χ0v) is 17.0. The van der Waals surface area contributed by atoms with Crippen molar-refractivity contribution in [1.29, 1.82) is 0 Å². The number of hydrogen-bond acceptors (Lipinski definition) is 3. The van der Waals surface area contributed by atoms with Gasteiger partial charge in [-0.15, -0.1) is 0 Å². The molecule has 0 aliphatic carbocycles. The molecule has 1 atom stereocenters. The van der Waals surface area contributed by atoms with Gasteiger partial charge in [0, 0.05) is 30.4 Å². The molecule has 1 aliphatic rings. The highest BCUT2D eigenvalue weighted by atomic mass is 16.1. The minimum Gasteiger partial charge on any atom is -0.383 e. The van der Waals surface area contributed by atoms with Crippen molar-refractivity contribution < 1.29 is 4.79 Å². The van der Waals surface area contributed by atoms with Gasteiger partial charge in [-0.3, -0.25) is 4.79 Å². The molecule has 1 saturated heterocycles. The highest BCUT2D eigenvalue weighted by Crippen LogP contribution is 2.20. The highest BCUT2D eigenvalue weighted by Gasteiger charge is 2.14. The Morgan fingerprint density at radius 1 is 1.07 bits per heavy atom. The first-order valence-corrected chi connectivity index (χ1v) is 10.5. The molecule has 4 rings (SSSR count). The molecule has 0 spiro atoms. The molecule has 1 fully saturated rings. The number of carbonyl (C=O) groups excluding carboxylic acids is 1. The van der Waals surface area contributed by atoms with Crippen LogP contribution in [-0.4, -0.2) is 25.0 Å². The van der Waals surface area contributed by atoms with Gasteiger partial charge in [-0.25, -0.2) is 0 Å². The van der Waals surface area contributed by atoms with Gasteiger partial charge >= 0.3 is 0 Å². The Morgan fingerprint density at radius 3 is 2.79 bits per heavy atom. The second-order valence-electron chi connectivity index (χ2n) is 7.88. The zero-order chi connectivity index (χ0) is 20.1. The van der Waals surface area contributed by atoms with Crippen molar-refractivity contribution in [3.63, 3.8) is 0 Å². The molecular weight excluding hydrogens is 358 g/mol. The lowest BCUT2D eigenvalue weighted by Crippen LogP contribution is -2.39. The second kappa shape index (κ2) is 9.10. The van der Waals surface area contributed by atoms with Gasteiger partial charge in [-0.2, -0.15) is 0 Å². The van der Waals surface area contributed by atoms with Crippen molar-refractivity contribution in [2.45, 2.75) is 38.8 Å². The molecule has 0 radical (unpaired) electrons. The molecule has 29 heavy (non-hydrogen) atoms. The van der Waals surface area contributed by atoms with Crippen LogP contribution in [0.1, 0.15) is 40.7 Å². The molecule has 0 saturated carbocycles. The van der Waals surface area contributed by atoms with Crippen LogP contribution >= 0.6 is 0 Å². The van der Waals surface area contributed by atoms with Crippen LogP contribution in [0.4, 0.5) is 5.69 Å². The van der Waals surface area contributed by atoms with E-state index in [0.717, 1.165) is 35.5 Å². The van der Waals surface area contributed by atoms with Crippen molar-refractivity contribution in [2.24, 2.45) is 0 Å². The van der Waals surface area contributed by atoms with E-state index >= 15 is 0 Å². The summed E-state index contributed by atoms with van der Waals surface area (Å²) in [5, 5.41) is 12.5. The van der Waals surface area contributed by atoms with Crippen molar-refractivity contribution in [2.75, 3.05) is 18.4 Å². The second-order valence-corrected chi connectivity index (χ2v) is 7.88. The molecule has 3 aromatic rings. The SMILES string of the molecule is Cc1ccc(NCC2CCCCN2)cc1C(=O)NCc1cccc2ccccc12. The number of benzene rings is 3. The van der Waals surface area contributed by atoms with Crippen LogP contribution < -0.4 is 16.0 Å². The minimum absolute atomic E-state index is 0.0325. The molecule has 1 unspecified atom stereocenters. The first-order valence-electron chi connectivity index (χ1n) is 10.5. The van der Waals surface area contributed by atoms with Crippen LogP contribution in [0.15, 0.2) is 60.7 Å². The summed E-state index contributed by atoms with van der Waals surface area (Å²) in [6.07, 6.45) is 3.76. The van der Waals surface area contributed by atoms with E-state index < -0.39 is 0 Å². The van der Waals surface area contributed by atoms with Gasteiger partial charge in [-0.05, 0) is 60.3 Å². The molecule has 3 N–H and O–H groups in total. The fraction of sp³-hybridized carbons (Fsp3) is 0.320. The summed E-state index contributed by atoms with van der Waals surface area (Å²) >= 11 is 0. The van der Waals surface area contributed by atoms with Gasteiger partial charge in [0.05, 0.1) is 0 Å². The average Bonchev–Trinajstić information content (AvgIpc) is 2.77. The molecule has 150 valence electrons. The van der Waals surface area contributed by atoms with Crippen molar-refractivity contribution in [3.05, 3.63) is 77.4 Å². The predicted molar refractivity (Wildman–Crippen MR) is 120 cm³/mol. The number of amides is 1. The van der Waals surface area contributed by atoms with E-state index in [1.807, 2.05) is 37.3 Å². The van der Waals surface area contributed by atoms with Gasteiger partial charge in [-0.1, -0.05) is 55.0 Å². The number of fused-ring (bicyclic) bond motifs is 1. The summed E-state index contributed by atoms with van der Waals surface area (Å²) in [6.45, 7) is 4.49. The molecular formula is C25H29N3O. The summed E-state index contributed by atoms with van der Waals surface area (Å²) in [6, 6.07) is 21.0. The van der Waals surface area contributed by atoms with E-state index in [0.29, 0.717) is 12.6 Å². The van der Waals surface area contributed by atoms with Crippen LogP contribution in [0.5, 0.6) is 0 Å². The van der Waals surface area contributed by atoms with E-state index in [4.69, 9.17) is 0 Å². The Labute approximate surface area is 172 Å². The van der Waals surface area contributed by atoms with Crippen molar-refractivity contribution in [1.82, 2.24) is 10.6 Å². The fourth-order valence-corrected chi connectivity index (χ4v) is 4.03. The normalized spacial score (nSPS) is 16.5. The van der Waals surface area contributed by atoms with Crippen molar-refractivity contribution >= 4 is 22.4 Å². The molecule has 3 aromatic carbocycles. The molecule has 0 aromatic heterocycles. The Hall–Kier alpha value is -2.85. The zero-order valence-electron chi connectivity index (χ0n) is 17.0. The van der Waals surface area contributed by atoms with Gasteiger partial charge < -0.3 is 16.0 Å². The maximum atomic E-state index is 12.9. The molecule has 1 amide bonds. The maximum absolute atomic E-state index is 12.9. The van der Waals surface area contributed by atoms with Gasteiger partial charge in [0.25, 0.3) is 5.91 Å². The molecule has 4 heteroatoms. The average molecular weight is 388 g/mol. The summed E-state index contributed by atoms with van der Waals surface area (Å²) in [5.41, 5.74) is 3.85. The summed E-state index contributed by atoms with van der Waals surface area (Å²) in [5.74, 6) is -0.0325. The standard InChI is InChI=1S/C25H29N3O/c1-18-12-13-21(27-17-22-10-4-5-14-26-22)15-24(18)25(29)28-16-20-9-6-8-19-7-2-3-11-23(19)20/h2-3,6-9,11-13,15,22,26-27H,4-5,10,14,16-17H2,1H3,(H,28,29). The smallest absolute Gasteiger partial charge is 0.251 e. The monoisotopic (exact) mass is 387 g/mol. The number of anilines is 1. The third-order valence-electron chi connectivity index (χ3n) is 5.77. The van der Waals surface area contributed by atoms with Crippen LogP contribution in [0, 0.1) is 6.92 Å². The third kappa shape index (κ3) is 4.77. The van der Waals surface area contributed by atoms with Gasteiger partial charge in [0.15, 0.2) is 0 Å². The Morgan fingerprint density at radius 2 is 1.93 bits per heavy atom. The Kier molecular flexibility index (Phi) is 6.11. The van der Waals surface area contributed by atoms with E-state index in [9.17, 15) is 4.79 Å². The quantitative estimate of drug-likeness (QED) is 0.578. The number of piperidine rings is 1. The number of hydrogen-bond donors (Lipinski definition) is 3. The largest absolute Gasteiger partial charge is 0.383 e. The third-order valence-corrected chi connectivity index (χ3v) is 5.77. The van der Waals surface area contributed by atoms with E-state index in [1.54, 1.807) is 0 Å². The molecule has 0 bridgehead atoms. The van der Waals surface area contributed by atoms with E-state index in [1.165, 1.54) is 30.0 Å². The summed E-state index contributed by atoms with van der Waals surface area (Å²) in [7, 11) is 0. The fourth-order valence-electron chi connectivity index (χ4n) is 4.03. The lowest BCUT2D eigenvalue weighted by atomic mass is 10.0. The lowest BCUT2D eigenvalue weighted by Gasteiger charge is -2.24. The molecule has 1 heterocycles. The Bertz CT molecular complexity index is 987. The number of aryl methyl sites for hydroxylation is 1. The van der Waals surface area contributed by atoms with Crippen LogP contribution in [-0.2, 0) is 6.54 Å². The van der Waals surface area contributed by atoms with Gasteiger partial charge in [0.2, 0.25) is 0 Å². The summed E-state index contributed by atoms with van der Waals surface area (Å²) < 4.78 is 0. The van der Waals surface area contributed by atoms with Crippen LogP contribution in [0.2, 0.25) is 0 Å². The first kappa shape index (κ1) is 19.5. The topological polar surface area (TPSA) is 53.2 Å². The van der Waals surface area contributed by atoms with E-state index in [2.05, 4.69) is 46.3 Å². The van der Waals surface area contributed by atoms with Crippen molar-refractivity contribution in [3.8, 4) is 0 Å². The van der Waals surface area contributed by atoms with Crippen LogP contribution in [0.3, 0.4) is 0 Å². The number of carbonyl (C=O) groups is 1. The highest BCUT2D eigenvalue weighted by molar-refractivity contribution is 5.97. The lowest BCUT2D eigenvalue weighted by molar-refractivity contribution is 0.0950. The molecule has 1 aliphatic heterocycles. The predicted octanol–water partition coefficient (Wildman–Crippen LogP) is 4.63.